The van der Waals surface area contributed by atoms with E-state index in [1.165, 1.54) is 0 Å². The van der Waals surface area contributed by atoms with Gasteiger partial charge in [0.05, 0.1) is 15.2 Å². The fourth-order valence-corrected chi connectivity index (χ4v) is 3.06. The number of aryl methyl sites for hydroxylation is 1. The number of carbonyl (C=O) groups excluding carboxylic acids is 2. The summed E-state index contributed by atoms with van der Waals surface area (Å²) in [4.78, 5) is 27.9. The molecule has 22 heavy (non-hydrogen) atoms. The van der Waals surface area contributed by atoms with Crippen LogP contribution in [0.5, 0.6) is 0 Å². The minimum Gasteiger partial charge on any atom is -0.352 e. The molecule has 6 nitrogen and oxygen atoms in total. The number of thiazole rings is 1. The van der Waals surface area contributed by atoms with Crippen LogP contribution in [0.2, 0.25) is 0 Å². The van der Waals surface area contributed by atoms with Gasteiger partial charge in [0.2, 0.25) is 5.91 Å². The minimum absolute atomic E-state index is 0.0121. The molecule has 0 unspecified atom stereocenters. The highest BCUT2D eigenvalue weighted by atomic mass is 32.1. The lowest BCUT2D eigenvalue weighted by atomic mass is 9.98. The molecule has 0 bridgehead atoms. The molecular formula is C15H20N4O2S. The van der Waals surface area contributed by atoms with Gasteiger partial charge in [-0.05, 0) is 31.0 Å². The van der Waals surface area contributed by atoms with Gasteiger partial charge in [-0.2, -0.15) is 0 Å². The van der Waals surface area contributed by atoms with Gasteiger partial charge in [-0.3, -0.25) is 4.79 Å². The second-order valence-corrected chi connectivity index (χ2v) is 6.51. The number of nitrogens with two attached hydrogens (primary N) is 1. The molecule has 0 saturated heterocycles. The zero-order valence-corrected chi connectivity index (χ0v) is 13.7. The first-order valence-corrected chi connectivity index (χ1v) is 7.96. The lowest BCUT2D eigenvalue weighted by molar-refractivity contribution is -0.119. The smallest absolute Gasteiger partial charge is 0.312 e. The molecule has 1 aromatic heterocycles. The quantitative estimate of drug-likeness (QED) is 0.790. The number of nitrogens with one attached hydrogen (secondary N) is 2. The number of carbonyl (C=O) groups is 2. The third kappa shape index (κ3) is 3.73. The van der Waals surface area contributed by atoms with E-state index in [0.717, 1.165) is 21.6 Å². The fourth-order valence-electron chi connectivity index (χ4n) is 2.19. The fraction of sp³-hybridized carbons (Fsp3) is 0.400. The Morgan fingerprint density at radius 3 is 2.77 bits per heavy atom. The van der Waals surface area contributed by atoms with Gasteiger partial charge < -0.3 is 16.4 Å². The van der Waals surface area contributed by atoms with Crippen molar-refractivity contribution in [3.05, 3.63) is 23.2 Å². The van der Waals surface area contributed by atoms with Gasteiger partial charge in [0.1, 0.15) is 6.04 Å². The van der Waals surface area contributed by atoms with Crippen molar-refractivity contribution in [1.29, 1.82) is 0 Å². The average Bonchev–Trinajstić information content (AvgIpc) is 2.83. The number of amides is 3. The molecule has 7 heteroatoms. The molecule has 0 saturated carbocycles. The largest absolute Gasteiger partial charge is 0.352 e. The maximum absolute atomic E-state index is 12.4. The third-order valence-corrected chi connectivity index (χ3v) is 4.49. The summed E-state index contributed by atoms with van der Waals surface area (Å²) in [6.45, 7) is 5.80. The minimum atomic E-state index is -0.700. The number of hydrogen-bond donors (Lipinski definition) is 3. The first kappa shape index (κ1) is 16.2. The Hall–Kier alpha value is -2.15. The number of fused-ring (bicyclic) bond motifs is 1. The van der Waals surface area contributed by atoms with Crippen LogP contribution in [0, 0.1) is 12.8 Å². The zero-order chi connectivity index (χ0) is 16.3. The molecule has 3 amide bonds. The van der Waals surface area contributed by atoms with Gasteiger partial charge in [0, 0.05) is 5.69 Å². The third-order valence-electron chi connectivity index (χ3n) is 3.56. The highest BCUT2D eigenvalue weighted by Crippen LogP contribution is 2.25. The highest BCUT2D eigenvalue weighted by molar-refractivity contribution is 7.18. The highest BCUT2D eigenvalue weighted by Gasteiger charge is 2.25. The van der Waals surface area contributed by atoms with E-state index in [0.29, 0.717) is 5.69 Å². The maximum atomic E-state index is 12.4. The zero-order valence-electron chi connectivity index (χ0n) is 12.8. The van der Waals surface area contributed by atoms with Crippen molar-refractivity contribution in [3.63, 3.8) is 0 Å². The van der Waals surface area contributed by atoms with Gasteiger partial charge in [-0.15, -0.1) is 11.3 Å². The molecule has 0 aliphatic heterocycles. The van der Waals surface area contributed by atoms with Gasteiger partial charge in [-0.25, -0.2) is 9.78 Å². The van der Waals surface area contributed by atoms with Crippen molar-refractivity contribution < 1.29 is 9.59 Å². The topological polar surface area (TPSA) is 97.1 Å². The van der Waals surface area contributed by atoms with E-state index in [9.17, 15) is 9.59 Å². The van der Waals surface area contributed by atoms with Crippen LogP contribution in [0.4, 0.5) is 10.5 Å². The van der Waals surface area contributed by atoms with E-state index in [2.05, 4.69) is 15.6 Å². The van der Waals surface area contributed by atoms with E-state index in [1.807, 2.05) is 32.9 Å². The van der Waals surface area contributed by atoms with Crippen LogP contribution in [-0.4, -0.2) is 23.0 Å². The van der Waals surface area contributed by atoms with Crippen LogP contribution < -0.4 is 16.4 Å². The Labute approximate surface area is 133 Å². The normalized spacial score (nSPS) is 13.6. The second kappa shape index (κ2) is 6.74. The molecule has 1 aromatic carbocycles. The van der Waals surface area contributed by atoms with Crippen molar-refractivity contribution in [1.82, 2.24) is 10.3 Å². The molecule has 4 N–H and O–H groups in total. The van der Waals surface area contributed by atoms with Crippen LogP contribution in [0.1, 0.15) is 25.3 Å². The second-order valence-electron chi connectivity index (χ2n) is 5.28. The standard InChI is InChI=1S/C15H20N4O2S/c1-4-8(2)13(19-15(16)21)14(20)18-10-5-6-11-12(7-10)22-9(3)17-11/h5-8,13H,4H2,1-3H3,(H,18,20)(H3,16,19,21)/t8-,13-/m1/s1. The molecule has 0 fully saturated rings. The van der Waals surface area contributed by atoms with E-state index in [1.54, 1.807) is 17.4 Å². The predicted octanol–water partition coefficient (Wildman–Crippen LogP) is 2.63. The first-order valence-electron chi connectivity index (χ1n) is 7.14. The van der Waals surface area contributed by atoms with Crippen molar-refractivity contribution in [2.75, 3.05) is 5.32 Å². The SMILES string of the molecule is CC[C@@H](C)[C@@H](NC(N)=O)C(=O)Nc1ccc2nc(C)sc2c1. The number of aromatic nitrogens is 1. The Kier molecular flexibility index (Phi) is 4.97. The molecular weight excluding hydrogens is 300 g/mol. The number of nitrogens with zero attached hydrogens (tertiary/aromatic N) is 1. The molecule has 118 valence electrons. The summed E-state index contributed by atoms with van der Waals surface area (Å²) in [6.07, 6.45) is 0.755. The average molecular weight is 320 g/mol. The Bertz CT molecular complexity index is 698. The first-order chi connectivity index (χ1) is 10.4. The Morgan fingerprint density at radius 1 is 1.41 bits per heavy atom. The van der Waals surface area contributed by atoms with Crippen LogP contribution in [0.25, 0.3) is 10.2 Å². The number of hydrogen-bond acceptors (Lipinski definition) is 4. The summed E-state index contributed by atoms with van der Waals surface area (Å²) in [7, 11) is 0. The van der Waals surface area contributed by atoms with Gasteiger partial charge in [0.15, 0.2) is 0 Å². The lowest BCUT2D eigenvalue weighted by Crippen LogP contribution is -2.49. The summed E-state index contributed by atoms with van der Waals surface area (Å²) in [6, 6.07) is 4.21. The van der Waals surface area contributed by atoms with E-state index < -0.39 is 12.1 Å². The van der Waals surface area contributed by atoms with E-state index in [4.69, 9.17) is 5.73 Å². The molecule has 1 heterocycles. The van der Waals surface area contributed by atoms with Crippen molar-refractivity contribution >= 4 is 39.2 Å². The van der Waals surface area contributed by atoms with Gasteiger partial charge >= 0.3 is 6.03 Å². The summed E-state index contributed by atoms with van der Waals surface area (Å²) in [5.41, 5.74) is 6.75. The monoisotopic (exact) mass is 320 g/mol. The van der Waals surface area contributed by atoms with Gasteiger partial charge in [0.25, 0.3) is 0 Å². The number of urea groups is 1. The van der Waals surface area contributed by atoms with Crippen LogP contribution in [0.15, 0.2) is 18.2 Å². The molecule has 2 rings (SSSR count). The van der Waals surface area contributed by atoms with Crippen LogP contribution in [0.3, 0.4) is 0 Å². The summed E-state index contributed by atoms with van der Waals surface area (Å²) in [5, 5.41) is 6.32. The molecule has 0 aliphatic rings. The lowest BCUT2D eigenvalue weighted by Gasteiger charge is -2.22. The molecule has 2 atom stereocenters. The number of anilines is 1. The maximum Gasteiger partial charge on any atom is 0.312 e. The Balaban J connectivity index is 2.17. The van der Waals surface area contributed by atoms with Crippen LogP contribution in [-0.2, 0) is 4.79 Å². The van der Waals surface area contributed by atoms with Crippen molar-refractivity contribution in [2.45, 2.75) is 33.2 Å². The Morgan fingerprint density at radius 2 is 2.14 bits per heavy atom. The summed E-state index contributed by atoms with van der Waals surface area (Å²) >= 11 is 1.57. The van der Waals surface area contributed by atoms with E-state index in [-0.39, 0.29) is 11.8 Å². The number of rotatable bonds is 5. The molecule has 0 radical (unpaired) electrons. The van der Waals surface area contributed by atoms with Crippen molar-refractivity contribution in [3.8, 4) is 0 Å². The summed E-state index contributed by atoms with van der Waals surface area (Å²) < 4.78 is 1.01. The molecule has 2 aromatic rings. The predicted molar refractivity (Wildman–Crippen MR) is 88.9 cm³/mol. The van der Waals surface area contributed by atoms with E-state index >= 15 is 0 Å². The summed E-state index contributed by atoms with van der Waals surface area (Å²) in [5.74, 6) is -0.282. The number of primary amides is 1. The molecule has 0 aliphatic carbocycles. The van der Waals surface area contributed by atoms with Gasteiger partial charge in [-0.1, -0.05) is 20.3 Å². The number of benzene rings is 1. The molecule has 0 spiro atoms. The van der Waals surface area contributed by atoms with Crippen molar-refractivity contribution in [2.24, 2.45) is 11.7 Å². The van der Waals surface area contributed by atoms with Crippen LogP contribution >= 0.6 is 11.3 Å².